The van der Waals surface area contributed by atoms with Crippen LogP contribution in [0.1, 0.15) is 27.0 Å². The first-order valence-corrected chi connectivity index (χ1v) is 10.1. The summed E-state index contributed by atoms with van der Waals surface area (Å²) < 4.78 is 16.0. The zero-order valence-corrected chi connectivity index (χ0v) is 18.7. The van der Waals surface area contributed by atoms with Crippen LogP contribution in [0.4, 0.5) is 0 Å². The molecule has 0 N–H and O–H groups in total. The third kappa shape index (κ3) is 5.01. The summed E-state index contributed by atoms with van der Waals surface area (Å²) in [6, 6.07) is 15.4. The number of aryl methyl sites for hydroxylation is 1. The van der Waals surface area contributed by atoms with E-state index in [1.165, 1.54) is 26.4 Å². The molecule has 0 aliphatic carbocycles. The molecule has 7 heteroatoms. The highest BCUT2D eigenvalue weighted by Gasteiger charge is 2.24. The minimum Gasteiger partial charge on any atom is -0.493 e. The van der Waals surface area contributed by atoms with Crippen LogP contribution in [0, 0.1) is 6.92 Å². The van der Waals surface area contributed by atoms with Crippen molar-refractivity contribution in [1.29, 1.82) is 0 Å². The highest BCUT2D eigenvalue weighted by atomic mass is 35.5. The minimum absolute atomic E-state index is 0.0342. The van der Waals surface area contributed by atoms with Gasteiger partial charge < -0.3 is 14.2 Å². The number of hydrogen-bond acceptors (Lipinski definition) is 5. The van der Waals surface area contributed by atoms with Gasteiger partial charge >= 0.3 is 5.97 Å². The van der Waals surface area contributed by atoms with Gasteiger partial charge in [-0.1, -0.05) is 53.5 Å². The molecule has 0 radical (unpaired) electrons. The molecule has 0 spiro atoms. The highest BCUT2D eigenvalue weighted by molar-refractivity contribution is 6.42. The molecule has 0 amide bonds. The predicted octanol–water partition coefficient (Wildman–Crippen LogP) is 5.70. The normalized spacial score (nSPS) is 10.5. The van der Waals surface area contributed by atoms with Crippen LogP contribution in [0.2, 0.25) is 10.0 Å². The topological polar surface area (TPSA) is 61.8 Å². The van der Waals surface area contributed by atoms with Gasteiger partial charge in [-0.3, -0.25) is 9.59 Å². The molecule has 5 nitrogen and oxygen atoms in total. The van der Waals surface area contributed by atoms with Crippen molar-refractivity contribution in [2.24, 2.45) is 0 Å². The molecular weight excluding hydrogens is 439 g/mol. The number of carbonyl (C=O) groups excluding carboxylic acids is 2. The Morgan fingerprint density at radius 1 is 0.871 bits per heavy atom. The van der Waals surface area contributed by atoms with Gasteiger partial charge in [-0.2, -0.15) is 0 Å². The van der Waals surface area contributed by atoms with Crippen LogP contribution < -0.4 is 14.2 Å². The Labute approximate surface area is 190 Å². The SMILES string of the molecule is COc1cc(C)c(C(=O)c2c(Cl)ccc(OC(=O)Cc3ccccc3)c2Cl)cc1OC. The fourth-order valence-corrected chi connectivity index (χ4v) is 3.68. The summed E-state index contributed by atoms with van der Waals surface area (Å²) in [5, 5.41) is 0.111. The predicted molar refractivity (Wildman–Crippen MR) is 120 cm³/mol. The third-order valence-corrected chi connectivity index (χ3v) is 5.36. The van der Waals surface area contributed by atoms with Crippen LogP contribution in [-0.4, -0.2) is 26.0 Å². The fraction of sp³-hybridized carbons (Fsp3) is 0.167. The summed E-state index contributed by atoms with van der Waals surface area (Å²) in [6.07, 6.45) is 0.0673. The summed E-state index contributed by atoms with van der Waals surface area (Å²) >= 11 is 12.7. The summed E-state index contributed by atoms with van der Waals surface area (Å²) in [7, 11) is 2.99. The maximum Gasteiger partial charge on any atom is 0.315 e. The molecule has 160 valence electrons. The molecular formula is C24H20Cl2O5. The maximum atomic E-state index is 13.3. The molecule has 0 aliphatic rings. The van der Waals surface area contributed by atoms with Crippen molar-refractivity contribution in [3.63, 3.8) is 0 Å². The van der Waals surface area contributed by atoms with Crippen molar-refractivity contribution >= 4 is 35.0 Å². The summed E-state index contributed by atoms with van der Waals surface area (Å²) in [5.74, 6) is 0.0329. The van der Waals surface area contributed by atoms with Crippen molar-refractivity contribution in [3.05, 3.63) is 86.9 Å². The van der Waals surface area contributed by atoms with Gasteiger partial charge in [0.2, 0.25) is 0 Å². The molecule has 0 saturated carbocycles. The zero-order chi connectivity index (χ0) is 22.5. The van der Waals surface area contributed by atoms with E-state index in [9.17, 15) is 9.59 Å². The first-order chi connectivity index (χ1) is 14.8. The van der Waals surface area contributed by atoms with Crippen molar-refractivity contribution in [2.45, 2.75) is 13.3 Å². The van der Waals surface area contributed by atoms with Crippen LogP contribution >= 0.6 is 23.2 Å². The van der Waals surface area contributed by atoms with Crippen LogP contribution in [0.25, 0.3) is 0 Å². The molecule has 0 bridgehead atoms. The Morgan fingerprint density at radius 3 is 2.16 bits per heavy atom. The average molecular weight is 459 g/mol. The zero-order valence-electron chi connectivity index (χ0n) is 17.2. The minimum atomic E-state index is -0.504. The van der Waals surface area contributed by atoms with Gasteiger partial charge in [-0.05, 0) is 42.3 Å². The highest BCUT2D eigenvalue weighted by Crippen LogP contribution is 2.37. The lowest BCUT2D eigenvalue weighted by molar-refractivity contribution is -0.133. The van der Waals surface area contributed by atoms with Crippen LogP contribution in [0.3, 0.4) is 0 Å². The van der Waals surface area contributed by atoms with Crippen LogP contribution in [0.5, 0.6) is 17.2 Å². The van der Waals surface area contributed by atoms with E-state index < -0.39 is 11.8 Å². The summed E-state index contributed by atoms with van der Waals surface area (Å²) in [5.41, 5.74) is 1.84. The number of carbonyl (C=O) groups is 2. The van der Waals surface area contributed by atoms with E-state index in [1.807, 2.05) is 30.3 Å². The van der Waals surface area contributed by atoms with E-state index in [0.29, 0.717) is 22.6 Å². The first kappa shape index (κ1) is 22.7. The summed E-state index contributed by atoms with van der Waals surface area (Å²) in [6.45, 7) is 1.76. The molecule has 0 unspecified atom stereocenters. The Balaban J connectivity index is 1.94. The molecule has 0 atom stereocenters. The van der Waals surface area contributed by atoms with Gasteiger partial charge in [-0.15, -0.1) is 0 Å². The van der Waals surface area contributed by atoms with Crippen molar-refractivity contribution in [3.8, 4) is 17.2 Å². The van der Waals surface area contributed by atoms with Gasteiger partial charge in [0.25, 0.3) is 0 Å². The van der Waals surface area contributed by atoms with E-state index in [1.54, 1.807) is 19.1 Å². The van der Waals surface area contributed by atoms with E-state index >= 15 is 0 Å². The number of hydrogen-bond donors (Lipinski definition) is 0. The number of methoxy groups -OCH3 is 2. The molecule has 3 rings (SSSR count). The molecule has 0 aliphatic heterocycles. The second-order valence-corrected chi connectivity index (χ2v) is 7.51. The van der Waals surface area contributed by atoms with Gasteiger partial charge in [0.05, 0.1) is 36.2 Å². The average Bonchev–Trinajstić information content (AvgIpc) is 2.76. The second kappa shape index (κ2) is 9.86. The molecule has 3 aromatic carbocycles. The standard InChI is InChI=1S/C24H20Cl2O5/c1-14-11-19(29-2)20(30-3)13-16(14)24(28)22-17(25)9-10-18(23(22)26)31-21(27)12-15-7-5-4-6-8-15/h4-11,13H,12H2,1-3H3. The monoisotopic (exact) mass is 458 g/mol. The number of esters is 1. The van der Waals surface area contributed by atoms with Gasteiger partial charge in [-0.25, -0.2) is 0 Å². The second-order valence-electron chi connectivity index (χ2n) is 6.72. The Morgan fingerprint density at radius 2 is 1.52 bits per heavy atom. The molecule has 3 aromatic rings. The summed E-state index contributed by atoms with van der Waals surface area (Å²) in [4.78, 5) is 25.6. The maximum absolute atomic E-state index is 13.3. The lowest BCUT2D eigenvalue weighted by Gasteiger charge is -2.15. The third-order valence-electron chi connectivity index (χ3n) is 4.67. The number of ether oxygens (including phenoxy) is 3. The van der Waals surface area contributed by atoms with E-state index in [2.05, 4.69) is 0 Å². The van der Waals surface area contributed by atoms with Crippen LogP contribution in [-0.2, 0) is 11.2 Å². The number of benzene rings is 3. The lowest BCUT2D eigenvalue weighted by atomic mass is 9.98. The van der Waals surface area contributed by atoms with E-state index in [4.69, 9.17) is 37.4 Å². The molecule has 0 saturated heterocycles. The first-order valence-electron chi connectivity index (χ1n) is 9.35. The van der Waals surface area contributed by atoms with Gasteiger partial charge in [0.1, 0.15) is 5.75 Å². The van der Waals surface area contributed by atoms with Gasteiger partial charge in [0, 0.05) is 5.56 Å². The smallest absolute Gasteiger partial charge is 0.315 e. The molecule has 0 heterocycles. The molecule has 0 aromatic heterocycles. The Kier molecular flexibility index (Phi) is 7.21. The fourth-order valence-electron chi connectivity index (χ4n) is 3.10. The number of rotatable bonds is 7. The Bertz CT molecular complexity index is 1130. The van der Waals surface area contributed by atoms with Crippen molar-refractivity contribution in [2.75, 3.05) is 14.2 Å². The van der Waals surface area contributed by atoms with E-state index in [-0.39, 0.29) is 27.8 Å². The largest absolute Gasteiger partial charge is 0.493 e. The van der Waals surface area contributed by atoms with Gasteiger partial charge in [0.15, 0.2) is 17.3 Å². The number of halogens is 2. The van der Waals surface area contributed by atoms with Crippen molar-refractivity contribution < 1.29 is 23.8 Å². The molecule has 31 heavy (non-hydrogen) atoms. The number of ketones is 1. The van der Waals surface area contributed by atoms with Crippen LogP contribution in [0.15, 0.2) is 54.6 Å². The van der Waals surface area contributed by atoms with Crippen molar-refractivity contribution in [1.82, 2.24) is 0 Å². The Hall–Kier alpha value is -3.02. The quantitative estimate of drug-likeness (QED) is 0.258. The van der Waals surface area contributed by atoms with E-state index in [0.717, 1.165) is 5.56 Å². The lowest BCUT2D eigenvalue weighted by Crippen LogP contribution is -2.13. The molecule has 0 fully saturated rings.